The zero-order valence-corrected chi connectivity index (χ0v) is 7.44. The molecule has 1 amide bonds. The Morgan fingerprint density at radius 2 is 2.31 bits per heavy atom. The van der Waals surface area contributed by atoms with Crippen LogP contribution in [0.25, 0.3) is 0 Å². The van der Waals surface area contributed by atoms with E-state index in [1.807, 2.05) is 24.3 Å². The fourth-order valence-electron chi connectivity index (χ4n) is 1.38. The second-order valence-electron chi connectivity index (χ2n) is 3.14. The summed E-state index contributed by atoms with van der Waals surface area (Å²) in [6.07, 6.45) is 12.0. The molecule has 0 heterocycles. The molecule has 0 radical (unpaired) electrons. The molecule has 70 valence electrons. The molecule has 0 aromatic rings. The van der Waals surface area contributed by atoms with Gasteiger partial charge >= 0.3 is 0 Å². The molecule has 1 aliphatic carbocycles. The van der Waals surface area contributed by atoms with Gasteiger partial charge in [0.2, 0.25) is 5.91 Å². The number of hydrogen-bond donors (Lipinski definition) is 2. The molecular weight excluding hydrogens is 164 g/mol. The van der Waals surface area contributed by atoms with Crippen LogP contribution in [0.1, 0.15) is 12.8 Å². The zero-order valence-electron chi connectivity index (χ0n) is 7.44. The van der Waals surface area contributed by atoms with E-state index >= 15 is 0 Å². The van der Waals surface area contributed by atoms with Gasteiger partial charge in [0.1, 0.15) is 0 Å². The molecule has 1 unspecified atom stereocenters. The third-order valence-electron chi connectivity index (χ3n) is 2.25. The summed E-state index contributed by atoms with van der Waals surface area (Å²) in [5, 5.41) is 0. The molecular formula is C10H14N2O. The Labute approximate surface area is 77.8 Å². The van der Waals surface area contributed by atoms with Crippen LogP contribution in [0.4, 0.5) is 0 Å². The van der Waals surface area contributed by atoms with Gasteiger partial charge in [-0.3, -0.25) is 4.79 Å². The third kappa shape index (κ3) is 1.99. The van der Waals surface area contributed by atoms with E-state index in [4.69, 9.17) is 11.5 Å². The summed E-state index contributed by atoms with van der Waals surface area (Å²) in [6, 6.07) is 0. The van der Waals surface area contributed by atoms with Crippen LogP contribution in [-0.2, 0) is 4.79 Å². The summed E-state index contributed by atoms with van der Waals surface area (Å²) in [4.78, 5) is 11.2. The van der Waals surface area contributed by atoms with Crippen molar-refractivity contribution in [3.63, 3.8) is 0 Å². The van der Waals surface area contributed by atoms with Crippen molar-refractivity contribution in [2.75, 3.05) is 0 Å². The van der Waals surface area contributed by atoms with Crippen molar-refractivity contribution in [2.24, 2.45) is 16.9 Å². The Morgan fingerprint density at radius 3 is 2.77 bits per heavy atom. The van der Waals surface area contributed by atoms with Gasteiger partial charge in [0.05, 0.1) is 5.41 Å². The minimum atomic E-state index is -0.565. The van der Waals surface area contributed by atoms with E-state index in [0.29, 0.717) is 12.8 Å². The van der Waals surface area contributed by atoms with E-state index in [9.17, 15) is 4.79 Å². The summed E-state index contributed by atoms with van der Waals surface area (Å²) >= 11 is 0. The lowest BCUT2D eigenvalue weighted by atomic mass is 9.78. The van der Waals surface area contributed by atoms with Gasteiger partial charge in [-0.2, -0.15) is 0 Å². The van der Waals surface area contributed by atoms with Crippen molar-refractivity contribution in [1.29, 1.82) is 0 Å². The number of nitrogens with two attached hydrogens (primary N) is 2. The van der Waals surface area contributed by atoms with Crippen molar-refractivity contribution in [2.45, 2.75) is 12.8 Å². The van der Waals surface area contributed by atoms with Crippen LogP contribution in [0.2, 0.25) is 0 Å². The molecule has 0 bridgehead atoms. The molecule has 1 atom stereocenters. The first kappa shape index (κ1) is 9.58. The molecule has 3 heteroatoms. The van der Waals surface area contributed by atoms with E-state index in [0.717, 1.165) is 0 Å². The van der Waals surface area contributed by atoms with Gasteiger partial charge in [0.15, 0.2) is 0 Å². The molecule has 13 heavy (non-hydrogen) atoms. The lowest BCUT2D eigenvalue weighted by molar-refractivity contribution is -0.125. The highest BCUT2D eigenvalue weighted by Gasteiger charge is 2.32. The standard InChI is InChI=1S/C10H14N2O/c11-8-4-7-10(9(12)13)5-2-1-3-6-10/h1-5,8H,6-7,11H2,(H2,12,13). The number of primary amides is 1. The quantitative estimate of drug-likeness (QED) is 0.672. The summed E-state index contributed by atoms with van der Waals surface area (Å²) in [7, 11) is 0. The van der Waals surface area contributed by atoms with Crippen LogP contribution in [0.3, 0.4) is 0 Å². The van der Waals surface area contributed by atoms with Crippen molar-refractivity contribution >= 4 is 5.91 Å². The summed E-state index contributed by atoms with van der Waals surface area (Å²) < 4.78 is 0. The highest BCUT2D eigenvalue weighted by atomic mass is 16.1. The summed E-state index contributed by atoms with van der Waals surface area (Å²) in [5.74, 6) is -0.300. The van der Waals surface area contributed by atoms with Crippen LogP contribution in [-0.4, -0.2) is 5.91 Å². The lowest BCUT2D eigenvalue weighted by Gasteiger charge is -2.25. The van der Waals surface area contributed by atoms with E-state index in [-0.39, 0.29) is 5.91 Å². The smallest absolute Gasteiger partial charge is 0.228 e. The van der Waals surface area contributed by atoms with Crippen LogP contribution < -0.4 is 11.5 Å². The average molecular weight is 178 g/mol. The Morgan fingerprint density at radius 1 is 1.54 bits per heavy atom. The fraction of sp³-hybridized carbons (Fsp3) is 0.300. The Kier molecular flexibility index (Phi) is 2.90. The number of carbonyl (C=O) groups is 1. The van der Waals surface area contributed by atoms with Gasteiger partial charge < -0.3 is 11.5 Å². The van der Waals surface area contributed by atoms with Crippen LogP contribution in [0.15, 0.2) is 36.6 Å². The minimum Gasteiger partial charge on any atom is -0.405 e. The van der Waals surface area contributed by atoms with Crippen molar-refractivity contribution in [3.8, 4) is 0 Å². The number of hydrogen-bond acceptors (Lipinski definition) is 2. The number of rotatable bonds is 3. The minimum absolute atomic E-state index is 0.300. The Hall–Kier alpha value is -1.51. The maximum Gasteiger partial charge on any atom is 0.228 e. The molecule has 0 aromatic carbocycles. The zero-order chi connectivity index (χ0) is 9.73. The van der Waals surface area contributed by atoms with E-state index in [2.05, 4.69) is 0 Å². The SMILES string of the molecule is NC=CCC1(C(N)=O)C=CC=CC1. The third-order valence-corrected chi connectivity index (χ3v) is 2.25. The van der Waals surface area contributed by atoms with Gasteiger partial charge in [0.25, 0.3) is 0 Å². The largest absolute Gasteiger partial charge is 0.405 e. The second-order valence-corrected chi connectivity index (χ2v) is 3.14. The fourth-order valence-corrected chi connectivity index (χ4v) is 1.38. The molecule has 0 fully saturated rings. The summed E-state index contributed by atoms with van der Waals surface area (Å²) in [6.45, 7) is 0. The molecule has 0 aromatic heterocycles. The van der Waals surface area contributed by atoms with Crippen LogP contribution in [0.5, 0.6) is 0 Å². The second kappa shape index (κ2) is 3.94. The van der Waals surface area contributed by atoms with E-state index < -0.39 is 5.41 Å². The molecule has 0 saturated heterocycles. The van der Waals surface area contributed by atoms with E-state index in [1.54, 1.807) is 6.08 Å². The lowest BCUT2D eigenvalue weighted by Crippen LogP contribution is -2.35. The van der Waals surface area contributed by atoms with Gasteiger partial charge in [-0.1, -0.05) is 30.4 Å². The normalized spacial score (nSPS) is 26.8. The first-order valence-corrected chi connectivity index (χ1v) is 4.22. The topological polar surface area (TPSA) is 69.1 Å². The average Bonchev–Trinajstić information content (AvgIpc) is 2.16. The predicted molar refractivity (Wildman–Crippen MR) is 52.5 cm³/mol. The van der Waals surface area contributed by atoms with Gasteiger partial charge in [-0.05, 0) is 19.0 Å². The number of amides is 1. The van der Waals surface area contributed by atoms with Crippen molar-refractivity contribution < 1.29 is 4.79 Å². The predicted octanol–water partition coefficient (Wildman–Crippen LogP) is 0.837. The molecule has 0 spiro atoms. The first-order valence-electron chi connectivity index (χ1n) is 4.22. The van der Waals surface area contributed by atoms with Gasteiger partial charge in [-0.15, -0.1) is 0 Å². The first-order chi connectivity index (χ1) is 6.21. The maximum absolute atomic E-state index is 11.2. The molecule has 0 saturated carbocycles. The molecule has 0 aliphatic heterocycles. The summed E-state index contributed by atoms with van der Waals surface area (Å²) in [5.41, 5.74) is 10.0. The number of carbonyl (C=O) groups excluding carboxylic acids is 1. The maximum atomic E-state index is 11.2. The van der Waals surface area contributed by atoms with Crippen LogP contribution in [0, 0.1) is 5.41 Å². The highest BCUT2D eigenvalue weighted by molar-refractivity contribution is 5.83. The number of allylic oxidation sites excluding steroid dienone is 4. The molecule has 1 rings (SSSR count). The van der Waals surface area contributed by atoms with Crippen molar-refractivity contribution in [1.82, 2.24) is 0 Å². The van der Waals surface area contributed by atoms with Gasteiger partial charge in [-0.25, -0.2) is 0 Å². The highest BCUT2D eigenvalue weighted by Crippen LogP contribution is 2.31. The Balaban J connectivity index is 2.82. The molecule has 3 nitrogen and oxygen atoms in total. The molecule has 1 aliphatic rings. The van der Waals surface area contributed by atoms with Crippen molar-refractivity contribution in [3.05, 3.63) is 36.6 Å². The molecule has 4 N–H and O–H groups in total. The van der Waals surface area contributed by atoms with E-state index in [1.165, 1.54) is 6.20 Å². The Bertz CT molecular complexity index is 279. The van der Waals surface area contributed by atoms with Crippen LogP contribution >= 0.6 is 0 Å². The van der Waals surface area contributed by atoms with Gasteiger partial charge in [0, 0.05) is 0 Å². The monoisotopic (exact) mass is 178 g/mol.